The second-order valence-corrected chi connectivity index (χ2v) is 9.80. The number of carbonyl (C=O) groups is 2. The Morgan fingerprint density at radius 1 is 1.21 bits per heavy atom. The van der Waals surface area contributed by atoms with Crippen molar-refractivity contribution in [1.29, 1.82) is 0 Å². The van der Waals surface area contributed by atoms with Crippen LogP contribution in [0.15, 0.2) is 23.3 Å². The predicted molar refractivity (Wildman–Crippen MR) is 111 cm³/mol. The topological polar surface area (TPSA) is 84.9 Å². The van der Waals surface area contributed by atoms with Crippen molar-refractivity contribution in [2.24, 2.45) is 5.92 Å². The van der Waals surface area contributed by atoms with Crippen LogP contribution in [0, 0.1) is 5.92 Å². The molecule has 2 fully saturated rings. The van der Waals surface area contributed by atoms with Crippen molar-refractivity contribution >= 4 is 23.0 Å². The van der Waals surface area contributed by atoms with Crippen molar-refractivity contribution in [3.8, 4) is 0 Å². The first kappa shape index (κ1) is 20.9. The average molecular weight is 422 g/mol. The molecule has 4 rings (SSSR count). The van der Waals surface area contributed by atoms with Crippen molar-refractivity contribution in [3.05, 3.63) is 23.3 Å². The quantitative estimate of drug-likeness (QED) is 0.494. The van der Waals surface area contributed by atoms with E-state index in [1.807, 2.05) is 0 Å². The third-order valence-corrected chi connectivity index (χ3v) is 7.39. The average Bonchev–Trinajstić information content (AvgIpc) is 3.32. The lowest BCUT2D eigenvalue weighted by molar-refractivity contribution is -0.283. The third-order valence-electron chi connectivity index (χ3n) is 6.51. The summed E-state index contributed by atoms with van der Waals surface area (Å²) < 4.78 is 12.0. The van der Waals surface area contributed by atoms with Gasteiger partial charge in [-0.25, -0.2) is 4.79 Å². The van der Waals surface area contributed by atoms with E-state index < -0.39 is 17.9 Å². The predicted octanol–water partition coefficient (Wildman–Crippen LogP) is 3.84. The van der Waals surface area contributed by atoms with Crippen LogP contribution in [0.1, 0.15) is 64.7 Å². The first-order valence-electron chi connectivity index (χ1n) is 10.8. The largest absolute Gasteiger partial charge is 0.459 e. The third kappa shape index (κ3) is 4.89. The number of aliphatic hydroxyl groups is 1. The SMILES string of the molecule is C[C@@H]1C=CCCC2=C(CCC2)C(=O)O[C@@H]2CC(CC1)O[C@@](O)([C@@H]1CSC(=O)N1)C2. The van der Waals surface area contributed by atoms with E-state index in [-0.39, 0.29) is 23.7 Å². The maximum Gasteiger partial charge on any atom is 0.334 e. The molecule has 0 radical (unpaired) electrons. The molecule has 29 heavy (non-hydrogen) atoms. The second-order valence-electron chi connectivity index (χ2n) is 8.80. The number of fused-ring (bicyclic) bond motifs is 2. The number of esters is 1. The zero-order valence-corrected chi connectivity index (χ0v) is 17.8. The number of rotatable bonds is 1. The van der Waals surface area contributed by atoms with Crippen LogP contribution in [0.2, 0.25) is 0 Å². The van der Waals surface area contributed by atoms with Gasteiger partial charge in [0.15, 0.2) is 5.79 Å². The minimum absolute atomic E-state index is 0.149. The maximum atomic E-state index is 12.9. The lowest BCUT2D eigenvalue weighted by Gasteiger charge is -2.43. The number of ether oxygens (including phenoxy) is 2. The molecule has 1 amide bonds. The van der Waals surface area contributed by atoms with Crippen molar-refractivity contribution in [1.82, 2.24) is 5.32 Å². The van der Waals surface area contributed by atoms with Gasteiger partial charge in [-0.3, -0.25) is 4.79 Å². The van der Waals surface area contributed by atoms with Crippen molar-refractivity contribution in [3.63, 3.8) is 0 Å². The van der Waals surface area contributed by atoms with Crippen molar-refractivity contribution in [2.45, 2.75) is 88.7 Å². The highest BCUT2D eigenvalue weighted by Gasteiger charge is 2.49. The van der Waals surface area contributed by atoms with Gasteiger partial charge in [0.25, 0.3) is 5.24 Å². The molecular weight excluding hydrogens is 390 g/mol. The molecule has 5 atom stereocenters. The molecule has 160 valence electrons. The number of hydrogen-bond donors (Lipinski definition) is 2. The number of allylic oxidation sites excluding steroid dienone is 3. The van der Waals surface area contributed by atoms with Gasteiger partial charge in [-0.05, 0) is 50.9 Å². The summed E-state index contributed by atoms with van der Waals surface area (Å²) in [7, 11) is 0. The van der Waals surface area contributed by atoms with Crippen LogP contribution in [0.3, 0.4) is 0 Å². The molecule has 2 bridgehead atoms. The summed E-state index contributed by atoms with van der Waals surface area (Å²) in [6.45, 7) is 2.20. The molecule has 1 aliphatic carbocycles. The van der Waals surface area contributed by atoms with Crippen LogP contribution in [0.4, 0.5) is 4.79 Å². The monoisotopic (exact) mass is 421 g/mol. The lowest BCUT2D eigenvalue weighted by atomic mass is 9.90. The summed E-state index contributed by atoms with van der Waals surface area (Å²) >= 11 is 1.15. The molecule has 7 heteroatoms. The Morgan fingerprint density at radius 3 is 2.86 bits per heavy atom. The van der Waals surface area contributed by atoms with Gasteiger partial charge < -0.3 is 19.9 Å². The van der Waals surface area contributed by atoms with E-state index in [1.54, 1.807) is 0 Å². The smallest absolute Gasteiger partial charge is 0.334 e. The highest BCUT2D eigenvalue weighted by atomic mass is 32.2. The van der Waals surface area contributed by atoms with E-state index in [0.29, 0.717) is 18.1 Å². The Morgan fingerprint density at radius 2 is 2.07 bits per heavy atom. The molecule has 1 unspecified atom stereocenters. The molecule has 3 aliphatic heterocycles. The summed E-state index contributed by atoms with van der Waals surface area (Å²) in [4.78, 5) is 24.6. The zero-order chi connectivity index (χ0) is 20.4. The van der Waals surface area contributed by atoms with Crippen LogP contribution >= 0.6 is 11.8 Å². The summed E-state index contributed by atoms with van der Waals surface area (Å²) in [5.74, 6) is -0.853. The van der Waals surface area contributed by atoms with Gasteiger partial charge in [0, 0.05) is 24.2 Å². The zero-order valence-electron chi connectivity index (χ0n) is 17.0. The van der Waals surface area contributed by atoms with Gasteiger partial charge in [0.2, 0.25) is 0 Å². The molecule has 4 aliphatic rings. The minimum atomic E-state index is -1.50. The Balaban J connectivity index is 1.57. The Kier molecular flexibility index (Phi) is 6.37. The first-order valence-corrected chi connectivity index (χ1v) is 11.8. The molecule has 0 spiro atoms. The van der Waals surface area contributed by atoms with E-state index in [4.69, 9.17) is 9.47 Å². The standard InChI is InChI=1S/C22H31NO5S/c1-14-5-2-3-6-15-7-4-8-18(15)20(24)27-17-11-16(10-9-14)28-22(26,12-17)19-13-29-21(25)23-19/h2,5,14,16-17,19,26H,3-4,6-13H2,1H3,(H,23,25)/t14-,16?,17-,19+,22-/m1/s1. The van der Waals surface area contributed by atoms with Crippen molar-refractivity contribution < 1.29 is 24.2 Å². The van der Waals surface area contributed by atoms with E-state index in [0.717, 1.165) is 62.3 Å². The normalized spacial score (nSPS) is 39.0. The summed E-state index contributed by atoms with van der Waals surface area (Å²) in [5.41, 5.74) is 2.06. The van der Waals surface area contributed by atoms with Gasteiger partial charge in [-0.1, -0.05) is 36.4 Å². The van der Waals surface area contributed by atoms with Crippen LogP contribution in [-0.4, -0.2) is 46.1 Å². The summed E-state index contributed by atoms with van der Waals surface area (Å²) in [5, 5.41) is 13.9. The molecule has 2 N–H and O–H groups in total. The van der Waals surface area contributed by atoms with Crippen LogP contribution in [-0.2, 0) is 14.3 Å². The molecule has 0 saturated carbocycles. The van der Waals surface area contributed by atoms with E-state index in [9.17, 15) is 14.7 Å². The van der Waals surface area contributed by atoms with E-state index in [1.165, 1.54) is 5.57 Å². The summed E-state index contributed by atoms with van der Waals surface area (Å²) in [6.07, 6.45) is 11.0. The molecule has 3 heterocycles. The lowest BCUT2D eigenvalue weighted by Crippen LogP contribution is -2.58. The number of thioether (sulfide) groups is 1. The van der Waals surface area contributed by atoms with E-state index >= 15 is 0 Å². The highest BCUT2D eigenvalue weighted by molar-refractivity contribution is 8.14. The molecule has 0 aromatic carbocycles. The number of amides is 1. The number of nitrogens with one attached hydrogen (secondary N) is 1. The molecular formula is C22H31NO5S. The van der Waals surface area contributed by atoms with E-state index in [2.05, 4.69) is 24.4 Å². The summed E-state index contributed by atoms with van der Waals surface area (Å²) in [6, 6.07) is -0.485. The Bertz CT molecular complexity index is 720. The molecule has 6 nitrogen and oxygen atoms in total. The van der Waals surface area contributed by atoms with Gasteiger partial charge >= 0.3 is 5.97 Å². The van der Waals surface area contributed by atoms with Crippen LogP contribution in [0.5, 0.6) is 0 Å². The maximum absolute atomic E-state index is 12.9. The molecule has 0 aromatic heterocycles. The van der Waals surface area contributed by atoms with Crippen LogP contribution < -0.4 is 5.32 Å². The molecule has 0 aromatic rings. The fourth-order valence-corrected chi connectivity index (χ4v) is 5.78. The number of carbonyl (C=O) groups excluding carboxylic acids is 2. The van der Waals surface area contributed by atoms with Gasteiger partial charge in [-0.15, -0.1) is 0 Å². The van der Waals surface area contributed by atoms with Gasteiger partial charge in [0.1, 0.15) is 6.10 Å². The second kappa shape index (κ2) is 8.82. The number of hydrogen-bond acceptors (Lipinski definition) is 6. The van der Waals surface area contributed by atoms with Gasteiger partial charge in [-0.2, -0.15) is 0 Å². The van der Waals surface area contributed by atoms with Gasteiger partial charge in [0.05, 0.1) is 12.1 Å². The Hall–Kier alpha value is -1.31. The highest BCUT2D eigenvalue weighted by Crippen LogP contribution is 2.38. The first-order chi connectivity index (χ1) is 13.9. The van der Waals surface area contributed by atoms with Crippen molar-refractivity contribution in [2.75, 3.05) is 5.75 Å². The fourth-order valence-electron chi connectivity index (χ4n) is 4.89. The molecule has 2 saturated heterocycles. The Labute approximate surface area is 176 Å². The minimum Gasteiger partial charge on any atom is -0.459 e. The fraction of sp³-hybridized carbons (Fsp3) is 0.727. The van der Waals surface area contributed by atoms with Crippen LogP contribution in [0.25, 0.3) is 0 Å².